The Kier molecular flexibility index (Phi) is 5.81. The summed E-state index contributed by atoms with van der Waals surface area (Å²) in [4.78, 5) is -0.370. The Bertz CT molecular complexity index is 480. The maximum Gasteiger partial charge on any atom is 0.341 e. The zero-order valence-corrected chi connectivity index (χ0v) is 11.1. The molecule has 3 nitrogen and oxygen atoms in total. The molecule has 0 bridgehead atoms. The zero-order valence-electron chi connectivity index (χ0n) is 9.57. The minimum Gasteiger partial charge on any atom is -0.384 e. The summed E-state index contributed by atoms with van der Waals surface area (Å²) in [6, 6.07) is 5.65. The average Bonchev–Trinajstić information content (AvgIpc) is 2.35. The van der Waals surface area contributed by atoms with Gasteiger partial charge in [0.1, 0.15) is 0 Å². The topological polar surface area (TPSA) is 46.2 Å². The van der Waals surface area contributed by atoms with Crippen LogP contribution in [0.3, 0.4) is 0 Å². The molecule has 0 aliphatic carbocycles. The second kappa shape index (κ2) is 6.89. The molecular formula is C11H14ClF2NO2S. The van der Waals surface area contributed by atoms with E-state index in [2.05, 4.69) is 5.32 Å². The molecule has 7 heteroatoms. The van der Waals surface area contributed by atoms with Crippen molar-refractivity contribution in [2.45, 2.75) is 23.5 Å². The van der Waals surface area contributed by atoms with Gasteiger partial charge in [0.05, 0.1) is 10.6 Å². The van der Waals surface area contributed by atoms with Crippen molar-refractivity contribution in [3.05, 3.63) is 24.3 Å². The molecule has 0 radical (unpaired) electrons. The minimum atomic E-state index is -4.57. The third kappa shape index (κ3) is 3.81. The van der Waals surface area contributed by atoms with Crippen molar-refractivity contribution in [1.82, 2.24) is 0 Å². The average molecular weight is 298 g/mol. The second-order valence-electron chi connectivity index (χ2n) is 3.62. The summed E-state index contributed by atoms with van der Waals surface area (Å²) < 4.78 is 47.8. The fourth-order valence-corrected chi connectivity index (χ4v) is 2.50. The van der Waals surface area contributed by atoms with Gasteiger partial charge >= 0.3 is 5.76 Å². The van der Waals surface area contributed by atoms with Gasteiger partial charge in [0.25, 0.3) is 0 Å². The van der Waals surface area contributed by atoms with E-state index in [1.165, 1.54) is 18.2 Å². The van der Waals surface area contributed by atoms with Crippen molar-refractivity contribution in [3.63, 3.8) is 0 Å². The van der Waals surface area contributed by atoms with Crippen LogP contribution < -0.4 is 5.32 Å². The van der Waals surface area contributed by atoms with Crippen molar-refractivity contribution in [1.29, 1.82) is 0 Å². The molecule has 0 saturated carbocycles. The van der Waals surface area contributed by atoms with Crippen LogP contribution in [0, 0.1) is 0 Å². The fraction of sp³-hybridized carbons (Fsp3) is 0.455. The maximum absolute atomic E-state index is 12.5. The molecule has 0 aromatic heterocycles. The lowest BCUT2D eigenvalue weighted by Gasteiger charge is -2.11. The van der Waals surface area contributed by atoms with E-state index in [0.29, 0.717) is 12.4 Å². The molecule has 0 unspecified atom stereocenters. The lowest BCUT2D eigenvalue weighted by atomic mass is 10.3. The first-order chi connectivity index (χ1) is 8.50. The van der Waals surface area contributed by atoms with E-state index < -0.39 is 15.6 Å². The van der Waals surface area contributed by atoms with Gasteiger partial charge in [-0.2, -0.15) is 8.78 Å². The van der Waals surface area contributed by atoms with Crippen molar-refractivity contribution >= 4 is 27.1 Å². The van der Waals surface area contributed by atoms with Crippen LogP contribution >= 0.6 is 11.6 Å². The van der Waals surface area contributed by atoms with Gasteiger partial charge in [-0.1, -0.05) is 12.1 Å². The van der Waals surface area contributed by atoms with E-state index in [1.807, 2.05) is 0 Å². The van der Waals surface area contributed by atoms with Gasteiger partial charge in [-0.15, -0.1) is 11.6 Å². The van der Waals surface area contributed by atoms with Crippen LogP contribution in [-0.4, -0.2) is 26.6 Å². The first-order valence-electron chi connectivity index (χ1n) is 5.41. The number of alkyl halides is 3. The van der Waals surface area contributed by atoms with Crippen LogP contribution in [0.5, 0.6) is 0 Å². The standard InChI is InChI=1S/C11H14ClF2NO2S/c12-7-3-4-8-15-9-5-1-2-6-10(9)18(16,17)11(13)14/h1-2,5-6,11,15H,3-4,7-8H2. The van der Waals surface area contributed by atoms with E-state index in [1.54, 1.807) is 6.07 Å². The summed E-state index contributed by atoms with van der Waals surface area (Å²) in [6.07, 6.45) is 1.52. The molecule has 18 heavy (non-hydrogen) atoms. The highest BCUT2D eigenvalue weighted by Gasteiger charge is 2.28. The number of unbranched alkanes of at least 4 members (excludes halogenated alkanes) is 1. The molecule has 0 spiro atoms. The highest BCUT2D eigenvalue weighted by atomic mass is 35.5. The monoisotopic (exact) mass is 297 g/mol. The van der Waals surface area contributed by atoms with Gasteiger partial charge in [-0.05, 0) is 25.0 Å². The van der Waals surface area contributed by atoms with Crippen LogP contribution in [0.25, 0.3) is 0 Å². The number of sulfone groups is 1. The van der Waals surface area contributed by atoms with Crippen LogP contribution in [0.15, 0.2) is 29.2 Å². The number of nitrogens with one attached hydrogen (secondary N) is 1. The third-order valence-corrected chi connectivity index (χ3v) is 4.01. The number of benzene rings is 1. The predicted molar refractivity (Wildman–Crippen MR) is 68.1 cm³/mol. The smallest absolute Gasteiger partial charge is 0.341 e. The van der Waals surface area contributed by atoms with E-state index in [4.69, 9.17) is 11.6 Å². The number of halogens is 3. The molecule has 0 aliphatic rings. The minimum absolute atomic E-state index is 0.201. The lowest BCUT2D eigenvalue weighted by Crippen LogP contribution is -2.14. The third-order valence-electron chi connectivity index (χ3n) is 2.30. The van der Waals surface area contributed by atoms with Gasteiger partial charge in [0.15, 0.2) is 0 Å². The van der Waals surface area contributed by atoms with E-state index in [-0.39, 0.29) is 10.6 Å². The second-order valence-corrected chi connectivity index (χ2v) is 5.89. The highest BCUT2D eigenvalue weighted by molar-refractivity contribution is 7.91. The van der Waals surface area contributed by atoms with Crippen LogP contribution in [0.1, 0.15) is 12.8 Å². The number of rotatable bonds is 7. The van der Waals surface area contributed by atoms with Gasteiger partial charge in [0.2, 0.25) is 9.84 Å². The molecule has 0 amide bonds. The Morgan fingerprint density at radius 3 is 2.50 bits per heavy atom. The molecule has 0 fully saturated rings. The Balaban J connectivity index is 2.87. The van der Waals surface area contributed by atoms with Crippen molar-refractivity contribution in [2.24, 2.45) is 0 Å². The zero-order chi connectivity index (χ0) is 13.6. The summed E-state index contributed by atoms with van der Waals surface area (Å²) in [7, 11) is -4.57. The maximum atomic E-state index is 12.5. The molecule has 0 saturated heterocycles. The molecule has 0 heterocycles. The summed E-state index contributed by atoms with van der Waals surface area (Å²) in [5.74, 6) is -2.90. The van der Waals surface area contributed by atoms with E-state index >= 15 is 0 Å². The Morgan fingerprint density at radius 1 is 1.22 bits per heavy atom. The van der Waals surface area contributed by atoms with E-state index in [0.717, 1.165) is 12.8 Å². The Labute approximate surface area is 110 Å². The van der Waals surface area contributed by atoms with Crippen molar-refractivity contribution < 1.29 is 17.2 Å². The SMILES string of the molecule is O=S(=O)(c1ccccc1NCCCCCl)C(F)F. The quantitative estimate of drug-likeness (QED) is 0.621. The Morgan fingerprint density at radius 2 is 1.89 bits per heavy atom. The summed E-state index contributed by atoms with van der Waals surface area (Å²) >= 11 is 5.51. The number of hydrogen-bond acceptors (Lipinski definition) is 3. The highest BCUT2D eigenvalue weighted by Crippen LogP contribution is 2.25. The van der Waals surface area contributed by atoms with Gasteiger partial charge < -0.3 is 5.32 Å². The van der Waals surface area contributed by atoms with Crippen molar-refractivity contribution in [3.8, 4) is 0 Å². The molecular weight excluding hydrogens is 284 g/mol. The van der Waals surface area contributed by atoms with Crippen LogP contribution in [0.4, 0.5) is 14.5 Å². The van der Waals surface area contributed by atoms with Gasteiger partial charge in [0, 0.05) is 12.4 Å². The van der Waals surface area contributed by atoms with Gasteiger partial charge in [-0.25, -0.2) is 8.42 Å². The molecule has 1 N–H and O–H groups in total. The van der Waals surface area contributed by atoms with Gasteiger partial charge in [-0.3, -0.25) is 0 Å². The molecule has 0 aliphatic heterocycles. The van der Waals surface area contributed by atoms with Crippen molar-refractivity contribution in [2.75, 3.05) is 17.7 Å². The van der Waals surface area contributed by atoms with Crippen LogP contribution in [0.2, 0.25) is 0 Å². The predicted octanol–water partition coefficient (Wildman–Crippen LogP) is 3.11. The normalized spacial score (nSPS) is 11.8. The van der Waals surface area contributed by atoms with E-state index in [9.17, 15) is 17.2 Å². The largest absolute Gasteiger partial charge is 0.384 e. The summed E-state index contributed by atoms with van der Waals surface area (Å²) in [5.41, 5.74) is 0.201. The Hall–Kier alpha value is -0.880. The molecule has 1 rings (SSSR count). The molecule has 102 valence electrons. The summed E-state index contributed by atoms with van der Waals surface area (Å²) in [5, 5.41) is 2.84. The number of hydrogen-bond donors (Lipinski definition) is 1. The fourth-order valence-electron chi connectivity index (χ4n) is 1.40. The lowest BCUT2D eigenvalue weighted by molar-refractivity contribution is 0.235. The first-order valence-corrected chi connectivity index (χ1v) is 7.49. The molecule has 0 atom stereocenters. The van der Waals surface area contributed by atoms with Crippen LogP contribution in [-0.2, 0) is 9.84 Å². The molecule has 1 aromatic carbocycles. The first kappa shape index (κ1) is 15.2. The molecule has 1 aromatic rings. The number of para-hydroxylation sites is 1. The number of anilines is 1. The summed E-state index contributed by atoms with van der Waals surface area (Å²) in [6.45, 7) is 0.489.